The average molecular weight is 511 g/mol. The van der Waals surface area contributed by atoms with Crippen molar-refractivity contribution in [2.24, 2.45) is 11.8 Å². The van der Waals surface area contributed by atoms with Crippen LogP contribution in [0.15, 0.2) is 54.6 Å². The topological polar surface area (TPSA) is 87.1 Å². The molecule has 5 atom stereocenters. The van der Waals surface area contributed by atoms with Crippen LogP contribution in [0.5, 0.6) is 0 Å². The molecular formula is C28H34N2O5S. The van der Waals surface area contributed by atoms with Crippen LogP contribution in [0.25, 0.3) is 0 Å². The monoisotopic (exact) mass is 510 g/mol. The Balaban J connectivity index is 1.57. The predicted molar refractivity (Wildman–Crippen MR) is 138 cm³/mol. The summed E-state index contributed by atoms with van der Waals surface area (Å²) in [5.74, 6) is -1.97. The smallest absolute Gasteiger partial charge is 0.311 e. The zero-order valence-electron chi connectivity index (χ0n) is 20.7. The molecule has 4 aliphatic heterocycles. The molecule has 0 bridgehead atoms. The third-order valence-electron chi connectivity index (χ3n) is 7.86. The van der Waals surface area contributed by atoms with Crippen LogP contribution in [0.1, 0.15) is 38.2 Å². The number of esters is 1. The molecule has 4 heterocycles. The van der Waals surface area contributed by atoms with E-state index in [1.165, 1.54) is 0 Å². The van der Waals surface area contributed by atoms with Gasteiger partial charge in [-0.3, -0.25) is 14.4 Å². The number of hydrogen-bond acceptors (Lipinski definition) is 6. The molecule has 5 rings (SSSR count). The molecule has 36 heavy (non-hydrogen) atoms. The summed E-state index contributed by atoms with van der Waals surface area (Å²) in [5.41, 5.74) is 1.03. The fourth-order valence-electron chi connectivity index (χ4n) is 6.26. The van der Waals surface area contributed by atoms with E-state index in [9.17, 15) is 19.5 Å². The van der Waals surface area contributed by atoms with E-state index in [-0.39, 0.29) is 24.4 Å². The number of ether oxygens (including phenoxy) is 1. The molecule has 1 aromatic carbocycles. The molecule has 2 saturated heterocycles. The zero-order valence-corrected chi connectivity index (χ0v) is 21.5. The van der Waals surface area contributed by atoms with Gasteiger partial charge in [-0.1, -0.05) is 54.6 Å². The van der Waals surface area contributed by atoms with Crippen LogP contribution < -0.4 is 0 Å². The number of benzene rings is 1. The second kappa shape index (κ2) is 10.1. The Bertz CT molecular complexity index is 1070. The maximum Gasteiger partial charge on any atom is 0.311 e. The second-order valence-corrected chi connectivity index (χ2v) is 12.1. The van der Waals surface area contributed by atoms with E-state index in [2.05, 4.69) is 12.2 Å². The molecule has 4 aliphatic rings. The summed E-state index contributed by atoms with van der Waals surface area (Å²) in [4.78, 5) is 45.2. The number of amides is 2. The summed E-state index contributed by atoms with van der Waals surface area (Å²) in [6.07, 6.45) is 10.9. The van der Waals surface area contributed by atoms with Gasteiger partial charge in [-0.2, -0.15) is 0 Å². The number of hydrogen-bond donors (Lipinski definition) is 1. The van der Waals surface area contributed by atoms with E-state index in [0.29, 0.717) is 39.1 Å². The number of nitrogens with zero attached hydrogens (tertiary/aromatic N) is 2. The Labute approximate surface area is 216 Å². The molecule has 0 aromatic heterocycles. The number of unbranched alkanes of at least 4 members (excludes halogenated alkanes) is 1. The highest BCUT2D eigenvalue weighted by Gasteiger charge is 2.73. The van der Waals surface area contributed by atoms with Crippen LogP contribution in [-0.4, -0.2) is 74.5 Å². The van der Waals surface area contributed by atoms with Gasteiger partial charge in [-0.05, 0) is 38.2 Å². The standard InChI is InChI=1S/C28H34N2O5S/c1-27-13-6-3-9-18-35-26(34)22(27)21-24(32)30(16-7-8-17-31)23-25(33)29(15-10-14-28(21,23)36-27)19-20-11-4-2-5-12-20/h2,4-6,10-14,21-23,31H,3,7-9,15-19H2,1H3/b13-6-/t21-,22-,23?,27+,28-/m0/s1. The number of aliphatic hydroxyl groups excluding tert-OH is 1. The minimum Gasteiger partial charge on any atom is -0.465 e. The highest BCUT2D eigenvalue weighted by Crippen LogP contribution is 2.65. The van der Waals surface area contributed by atoms with Crippen molar-refractivity contribution in [1.82, 2.24) is 9.80 Å². The number of carbonyl (C=O) groups excluding carboxylic acids is 3. The van der Waals surface area contributed by atoms with Gasteiger partial charge in [0.25, 0.3) is 0 Å². The van der Waals surface area contributed by atoms with Crippen molar-refractivity contribution in [2.75, 3.05) is 26.3 Å². The SMILES string of the molecule is C[C@@]12/C=C\CCCOC(=O)[C@@H]1[C@H]1C(=O)N(CCCCO)C3C(=O)N(Cc4ccccc4)CC=C[C@@]31S2. The minimum atomic E-state index is -0.860. The number of fused-ring (bicyclic) bond motifs is 2. The first-order valence-electron chi connectivity index (χ1n) is 12.9. The lowest BCUT2D eigenvalue weighted by molar-refractivity contribution is -0.154. The molecule has 1 aromatic rings. The summed E-state index contributed by atoms with van der Waals surface area (Å²) in [6, 6.07) is 9.14. The lowest BCUT2D eigenvalue weighted by atomic mass is 9.74. The fraction of sp³-hybridized carbons (Fsp3) is 0.536. The first kappa shape index (κ1) is 25.1. The minimum absolute atomic E-state index is 0.0296. The Morgan fingerprint density at radius 3 is 2.64 bits per heavy atom. The molecule has 1 spiro atoms. The quantitative estimate of drug-likeness (QED) is 0.360. The van der Waals surface area contributed by atoms with Gasteiger partial charge in [-0.25, -0.2) is 0 Å². The number of thioether (sulfide) groups is 1. The van der Waals surface area contributed by atoms with E-state index < -0.39 is 27.4 Å². The van der Waals surface area contributed by atoms with Gasteiger partial charge in [0, 0.05) is 31.0 Å². The molecule has 0 saturated carbocycles. The van der Waals surface area contributed by atoms with Gasteiger partial charge in [0.2, 0.25) is 11.8 Å². The Morgan fingerprint density at radius 2 is 1.86 bits per heavy atom. The Hall–Kier alpha value is -2.58. The average Bonchev–Trinajstić information content (AvgIpc) is 3.21. The Morgan fingerprint density at radius 1 is 1.06 bits per heavy atom. The molecule has 0 aliphatic carbocycles. The molecule has 1 unspecified atom stereocenters. The first-order chi connectivity index (χ1) is 17.4. The molecule has 7 nitrogen and oxygen atoms in total. The highest BCUT2D eigenvalue weighted by molar-refractivity contribution is 8.02. The van der Waals surface area contributed by atoms with Crippen molar-refractivity contribution in [3.05, 3.63) is 60.2 Å². The molecule has 2 amide bonds. The van der Waals surface area contributed by atoms with Crippen LogP contribution in [0, 0.1) is 11.8 Å². The third-order valence-corrected chi connectivity index (χ3v) is 9.65. The van der Waals surface area contributed by atoms with Crippen LogP contribution in [0.3, 0.4) is 0 Å². The van der Waals surface area contributed by atoms with Gasteiger partial charge < -0.3 is 19.6 Å². The van der Waals surface area contributed by atoms with E-state index in [4.69, 9.17) is 4.74 Å². The third kappa shape index (κ3) is 4.18. The van der Waals surface area contributed by atoms with E-state index in [1.54, 1.807) is 16.7 Å². The summed E-state index contributed by atoms with van der Waals surface area (Å²) >= 11 is 1.57. The Kier molecular flexibility index (Phi) is 7.01. The predicted octanol–water partition coefficient (Wildman–Crippen LogP) is 2.94. The number of carbonyl (C=O) groups is 3. The van der Waals surface area contributed by atoms with Crippen molar-refractivity contribution in [1.29, 1.82) is 0 Å². The molecule has 0 radical (unpaired) electrons. The number of rotatable bonds is 6. The summed E-state index contributed by atoms with van der Waals surface area (Å²) in [5, 5.41) is 9.35. The van der Waals surface area contributed by atoms with Crippen LogP contribution in [0.2, 0.25) is 0 Å². The molecular weight excluding hydrogens is 476 g/mol. The fourth-order valence-corrected chi connectivity index (χ4v) is 8.41. The number of allylic oxidation sites excluding steroid dienone is 1. The molecule has 2 fully saturated rings. The van der Waals surface area contributed by atoms with Crippen LogP contribution >= 0.6 is 11.8 Å². The van der Waals surface area contributed by atoms with Crippen molar-refractivity contribution in [3.63, 3.8) is 0 Å². The van der Waals surface area contributed by atoms with Gasteiger partial charge in [0.05, 0.1) is 23.2 Å². The first-order valence-corrected chi connectivity index (χ1v) is 13.7. The van der Waals surface area contributed by atoms with Gasteiger partial charge >= 0.3 is 5.97 Å². The number of aliphatic hydroxyl groups is 1. The molecule has 1 N–H and O–H groups in total. The zero-order chi connectivity index (χ0) is 25.3. The highest BCUT2D eigenvalue weighted by atomic mass is 32.2. The lowest BCUT2D eigenvalue weighted by Gasteiger charge is -2.37. The van der Waals surface area contributed by atoms with Gasteiger partial charge in [-0.15, -0.1) is 11.8 Å². The van der Waals surface area contributed by atoms with Crippen molar-refractivity contribution in [3.8, 4) is 0 Å². The van der Waals surface area contributed by atoms with Crippen LogP contribution in [0.4, 0.5) is 0 Å². The lowest BCUT2D eigenvalue weighted by Crippen LogP contribution is -2.53. The van der Waals surface area contributed by atoms with Crippen molar-refractivity contribution in [2.45, 2.75) is 54.7 Å². The largest absolute Gasteiger partial charge is 0.465 e. The summed E-state index contributed by atoms with van der Waals surface area (Å²) < 4.78 is 4.13. The van der Waals surface area contributed by atoms with Crippen molar-refractivity contribution >= 4 is 29.5 Å². The maximum atomic E-state index is 14.2. The molecule has 192 valence electrons. The normalized spacial score (nSPS) is 34.7. The van der Waals surface area contributed by atoms with E-state index in [0.717, 1.165) is 18.4 Å². The number of likely N-dealkylation sites (tertiary alicyclic amines) is 1. The number of cyclic esters (lactones) is 1. The summed E-state index contributed by atoms with van der Waals surface area (Å²) in [7, 11) is 0. The van der Waals surface area contributed by atoms with Crippen LogP contribution in [-0.2, 0) is 25.7 Å². The van der Waals surface area contributed by atoms with Gasteiger partial charge in [0.15, 0.2) is 0 Å². The van der Waals surface area contributed by atoms with E-state index in [1.807, 2.05) is 54.3 Å². The summed E-state index contributed by atoms with van der Waals surface area (Å²) in [6.45, 7) is 3.63. The maximum absolute atomic E-state index is 14.2. The van der Waals surface area contributed by atoms with E-state index >= 15 is 0 Å². The van der Waals surface area contributed by atoms with Crippen molar-refractivity contribution < 1.29 is 24.2 Å². The van der Waals surface area contributed by atoms with Gasteiger partial charge in [0.1, 0.15) is 6.04 Å². The molecule has 8 heteroatoms. The second-order valence-electron chi connectivity index (χ2n) is 10.3.